The topological polar surface area (TPSA) is 29.5 Å². The zero-order chi connectivity index (χ0) is 13.1. The van der Waals surface area contributed by atoms with Gasteiger partial charge in [-0.3, -0.25) is 0 Å². The van der Waals surface area contributed by atoms with Gasteiger partial charge in [0.2, 0.25) is 0 Å². The monoisotopic (exact) mass is 316 g/mol. The molecule has 2 nitrogen and oxygen atoms in total. The molecule has 1 aliphatic rings. The van der Waals surface area contributed by atoms with Gasteiger partial charge in [0.15, 0.2) is 0 Å². The highest BCUT2D eigenvalue weighted by Gasteiger charge is 2.32. The quantitative estimate of drug-likeness (QED) is 0.923. The highest BCUT2D eigenvalue weighted by molar-refractivity contribution is 9.10. The summed E-state index contributed by atoms with van der Waals surface area (Å²) in [7, 11) is 0. The molecule has 1 heterocycles. The van der Waals surface area contributed by atoms with Crippen LogP contribution in [0, 0.1) is 11.7 Å². The maximum atomic E-state index is 13.2. The number of benzene rings is 1. The fourth-order valence-electron chi connectivity index (χ4n) is 2.60. The van der Waals surface area contributed by atoms with Gasteiger partial charge in [-0.1, -0.05) is 22.9 Å². The first kappa shape index (κ1) is 14.0. The smallest absolute Gasteiger partial charge is 0.123 e. The van der Waals surface area contributed by atoms with E-state index >= 15 is 0 Å². The van der Waals surface area contributed by atoms with Crippen LogP contribution >= 0.6 is 15.9 Å². The van der Waals surface area contributed by atoms with Crippen LogP contribution < -0.4 is 0 Å². The van der Waals surface area contributed by atoms with E-state index in [9.17, 15) is 9.50 Å². The van der Waals surface area contributed by atoms with Crippen molar-refractivity contribution in [2.24, 2.45) is 5.92 Å². The van der Waals surface area contributed by atoms with Crippen LogP contribution in [0.3, 0.4) is 0 Å². The third-order valence-electron chi connectivity index (χ3n) is 3.59. The Balaban J connectivity index is 2.06. The summed E-state index contributed by atoms with van der Waals surface area (Å²) in [6, 6.07) is 4.57. The molecular formula is C14H18BrFO2. The normalized spacial score (nSPS) is 25.3. The molecule has 3 unspecified atom stereocenters. The van der Waals surface area contributed by atoms with Crippen LogP contribution in [0.15, 0.2) is 22.7 Å². The molecular weight excluding hydrogens is 299 g/mol. The Bertz CT molecular complexity index is 411. The predicted molar refractivity (Wildman–Crippen MR) is 71.9 cm³/mol. The van der Waals surface area contributed by atoms with Gasteiger partial charge in [0.05, 0.1) is 12.2 Å². The number of hydrogen-bond donors (Lipinski definition) is 1. The molecule has 1 aliphatic heterocycles. The fourth-order valence-corrected chi connectivity index (χ4v) is 3.01. The summed E-state index contributed by atoms with van der Waals surface area (Å²) in [5.41, 5.74) is 0.809. The van der Waals surface area contributed by atoms with Crippen molar-refractivity contribution in [3.05, 3.63) is 34.1 Å². The van der Waals surface area contributed by atoms with E-state index in [0.717, 1.165) is 22.9 Å². The van der Waals surface area contributed by atoms with Crippen LogP contribution in [-0.2, 0) is 11.2 Å². The molecule has 100 valence electrons. The second-order valence-corrected chi connectivity index (χ2v) is 5.63. The molecule has 0 spiro atoms. The molecule has 3 atom stereocenters. The molecule has 18 heavy (non-hydrogen) atoms. The highest BCUT2D eigenvalue weighted by Crippen LogP contribution is 2.29. The van der Waals surface area contributed by atoms with Gasteiger partial charge >= 0.3 is 0 Å². The van der Waals surface area contributed by atoms with Gasteiger partial charge in [0.1, 0.15) is 5.82 Å². The average molecular weight is 317 g/mol. The van der Waals surface area contributed by atoms with Gasteiger partial charge in [-0.2, -0.15) is 0 Å². The Hall–Kier alpha value is -0.450. The first-order chi connectivity index (χ1) is 8.61. The van der Waals surface area contributed by atoms with Crippen LogP contribution in [0.1, 0.15) is 25.3 Å². The van der Waals surface area contributed by atoms with Crippen LogP contribution in [0.4, 0.5) is 4.39 Å². The average Bonchev–Trinajstić information content (AvgIpc) is 2.82. The third-order valence-corrected chi connectivity index (χ3v) is 4.37. The lowest BCUT2D eigenvalue weighted by atomic mass is 9.89. The molecule has 0 aromatic heterocycles. The summed E-state index contributed by atoms with van der Waals surface area (Å²) in [6.45, 7) is 2.78. The largest absolute Gasteiger partial charge is 0.392 e. The van der Waals surface area contributed by atoms with Gasteiger partial charge in [-0.25, -0.2) is 4.39 Å². The number of rotatable bonds is 4. The van der Waals surface area contributed by atoms with E-state index in [2.05, 4.69) is 22.9 Å². The molecule has 4 heteroatoms. The Morgan fingerprint density at radius 2 is 2.33 bits per heavy atom. The summed E-state index contributed by atoms with van der Waals surface area (Å²) < 4.78 is 19.6. The van der Waals surface area contributed by atoms with Gasteiger partial charge in [-0.15, -0.1) is 0 Å². The fraction of sp³-hybridized carbons (Fsp3) is 0.571. The molecule has 1 saturated heterocycles. The summed E-state index contributed by atoms with van der Waals surface area (Å²) in [5, 5.41) is 10.3. The molecule has 0 saturated carbocycles. The van der Waals surface area contributed by atoms with Gasteiger partial charge < -0.3 is 9.84 Å². The van der Waals surface area contributed by atoms with E-state index in [1.165, 1.54) is 12.1 Å². The Morgan fingerprint density at radius 1 is 1.56 bits per heavy atom. The standard InChI is InChI=1S/C14H18BrFO2/c1-2-14-11(5-6-18-14)13(17)8-9-7-10(16)3-4-12(9)15/h3-4,7,11,13-14,17H,2,5-6,8H2,1H3. The molecule has 0 radical (unpaired) electrons. The van der Waals surface area contributed by atoms with E-state index in [1.54, 1.807) is 6.07 Å². The minimum absolute atomic E-state index is 0.132. The number of hydrogen-bond acceptors (Lipinski definition) is 2. The minimum Gasteiger partial charge on any atom is -0.392 e. The summed E-state index contributed by atoms with van der Waals surface area (Å²) >= 11 is 3.39. The van der Waals surface area contributed by atoms with Gasteiger partial charge in [-0.05, 0) is 43.0 Å². The number of aliphatic hydroxyl groups is 1. The lowest BCUT2D eigenvalue weighted by Gasteiger charge is -2.23. The predicted octanol–water partition coefficient (Wildman–Crippen LogP) is 3.31. The summed E-state index contributed by atoms with van der Waals surface area (Å²) in [6.07, 6.45) is 1.91. The summed E-state index contributed by atoms with van der Waals surface area (Å²) in [4.78, 5) is 0. The van der Waals surface area contributed by atoms with Crippen molar-refractivity contribution in [2.75, 3.05) is 6.61 Å². The number of halogens is 2. The Kier molecular flexibility index (Phi) is 4.76. The van der Waals surface area contributed by atoms with Crippen LogP contribution in [0.2, 0.25) is 0 Å². The van der Waals surface area contributed by atoms with E-state index in [-0.39, 0.29) is 17.8 Å². The first-order valence-electron chi connectivity index (χ1n) is 6.35. The molecule has 0 amide bonds. The molecule has 0 bridgehead atoms. The SMILES string of the molecule is CCC1OCCC1C(O)Cc1cc(F)ccc1Br. The highest BCUT2D eigenvalue weighted by atomic mass is 79.9. The zero-order valence-corrected chi connectivity index (χ0v) is 12.0. The molecule has 1 aromatic carbocycles. The lowest BCUT2D eigenvalue weighted by molar-refractivity contribution is 0.0317. The third kappa shape index (κ3) is 3.11. The van der Waals surface area contributed by atoms with E-state index in [4.69, 9.17) is 4.74 Å². The van der Waals surface area contributed by atoms with Crippen molar-refractivity contribution in [3.63, 3.8) is 0 Å². The van der Waals surface area contributed by atoms with Gasteiger partial charge in [0.25, 0.3) is 0 Å². The number of aliphatic hydroxyl groups excluding tert-OH is 1. The molecule has 1 N–H and O–H groups in total. The van der Waals surface area contributed by atoms with Crippen LogP contribution in [0.5, 0.6) is 0 Å². The van der Waals surface area contributed by atoms with Crippen LogP contribution in [0.25, 0.3) is 0 Å². The van der Waals surface area contributed by atoms with E-state index in [0.29, 0.717) is 13.0 Å². The number of ether oxygens (including phenoxy) is 1. The Morgan fingerprint density at radius 3 is 3.06 bits per heavy atom. The van der Waals surface area contributed by atoms with Crippen molar-refractivity contribution >= 4 is 15.9 Å². The Labute approximate surface area is 115 Å². The maximum Gasteiger partial charge on any atom is 0.123 e. The summed E-state index contributed by atoms with van der Waals surface area (Å²) in [5.74, 6) is -0.111. The zero-order valence-electron chi connectivity index (χ0n) is 10.4. The second kappa shape index (κ2) is 6.13. The molecule has 2 rings (SSSR count). The van der Waals surface area contributed by atoms with E-state index < -0.39 is 6.10 Å². The van der Waals surface area contributed by atoms with E-state index in [1.807, 2.05) is 0 Å². The van der Waals surface area contributed by atoms with Gasteiger partial charge in [0, 0.05) is 17.0 Å². The minimum atomic E-state index is -0.476. The van der Waals surface area contributed by atoms with Crippen molar-refractivity contribution in [1.29, 1.82) is 0 Å². The van der Waals surface area contributed by atoms with Crippen molar-refractivity contribution in [3.8, 4) is 0 Å². The first-order valence-corrected chi connectivity index (χ1v) is 7.14. The van der Waals surface area contributed by atoms with Crippen LogP contribution in [-0.4, -0.2) is 23.9 Å². The molecule has 1 aromatic rings. The van der Waals surface area contributed by atoms with Crippen molar-refractivity contribution < 1.29 is 14.2 Å². The maximum absolute atomic E-state index is 13.2. The molecule has 0 aliphatic carbocycles. The molecule has 1 fully saturated rings. The lowest BCUT2D eigenvalue weighted by Crippen LogP contribution is -2.29. The van der Waals surface area contributed by atoms with Crippen molar-refractivity contribution in [1.82, 2.24) is 0 Å². The van der Waals surface area contributed by atoms with Crippen molar-refractivity contribution in [2.45, 2.75) is 38.4 Å². The second-order valence-electron chi connectivity index (χ2n) is 4.78.